The van der Waals surface area contributed by atoms with Crippen LogP contribution in [0.5, 0.6) is 5.75 Å². The van der Waals surface area contributed by atoms with E-state index in [9.17, 15) is 14.3 Å². The molecule has 0 aliphatic carbocycles. The first-order valence-corrected chi connectivity index (χ1v) is 11.4. The van der Waals surface area contributed by atoms with Crippen molar-refractivity contribution in [3.05, 3.63) is 89.5 Å². The molecule has 1 amide bonds. The Bertz CT molecular complexity index is 1340. The molecule has 0 radical (unpaired) electrons. The Balaban J connectivity index is 1.39. The highest BCUT2D eigenvalue weighted by Gasteiger charge is 2.35. The molecule has 1 aromatic heterocycles. The van der Waals surface area contributed by atoms with Crippen LogP contribution in [0.1, 0.15) is 18.2 Å². The molecule has 4 aromatic rings. The van der Waals surface area contributed by atoms with Crippen molar-refractivity contribution < 1.29 is 19.0 Å². The Hall–Kier alpha value is -3.42. The van der Waals surface area contributed by atoms with Crippen molar-refractivity contribution in [3.8, 4) is 5.75 Å². The zero-order valence-electron chi connectivity index (χ0n) is 18.3. The topological polar surface area (TPSA) is 67.6 Å². The number of benzene rings is 3. The smallest absolute Gasteiger partial charge is 0.227 e. The van der Waals surface area contributed by atoms with E-state index >= 15 is 0 Å². The molecule has 1 fully saturated rings. The zero-order chi connectivity index (χ0) is 23.7. The third-order valence-corrected chi connectivity index (χ3v) is 6.27. The third-order valence-electron chi connectivity index (χ3n) is 5.96. The lowest BCUT2D eigenvalue weighted by Crippen LogP contribution is -2.26. The van der Waals surface area contributed by atoms with Crippen molar-refractivity contribution in [2.75, 3.05) is 18.1 Å². The van der Waals surface area contributed by atoms with Gasteiger partial charge in [0.2, 0.25) is 5.91 Å². The van der Waals surface area contributed by atoms with E-state index < -0.39 is 6.10 Å². The van der Waals surface area contributed by atoms with Crippen molar-refractivity contribution in [1.82, 2.24) is 9.55 Å². The molecule has 5 rings (SSSR count). The molecule has 0 unspecified atom stereocenters. The molecule has 2 heterocycles. The Kier molecular flexibility index (Phi) is 6.22. The van der Waals surface area contributed by atoms with E-state index in [0.29, 0.717) is 28.8 Å². The van der Waals surface area contributed by atoms with Gasteiger partial charge in [0.15, 0.2) is 0 Å². The maximum absolute atomic E-state index is 13.7. The highest BCUT2D eigenvalue weighted by atomic mass is 35.5. The maximum Gasteiger partial charge on any atom is 0.227 e. The van der Waals surface area contributed by atoms with E-state index in [1.54, 1.807) is 29.2 Å². The second-order valence-corrected chi connectivity index (χ2v) is 8.76. The number of fused-ring (bicyclic) bond motifs is 1. The van der Waals surface area contributed by atoms with Crippen molar-refractivity contribution in [1.29, 1.82) is 0 Å². The second kappa shape index (κ2) is 9.44. The summed E-state index contributed by atoms with van der Waals surface area (Å²) in [4.78, 5) is 19.2. The van der Waals surface area contributed by atoms with Gasteiger partial charge in [-0.3, -0.25) is 4.79 Å². The van der Waals surface area contributed by atoms with Crippen LogP contribution in [0.15, 0.2) is 72.8 Å². The van der Waals surface area contributed by atoms with Crippen LogP contribution in [-0.2, 0) is 11.3 Å². The number of rotatable bonds is 7. The second-order valence-electron chi connectivity index (χ2n) is 8.35. The molecule has 3 aromatic carbocycles. The predicted molar refractivity (Wildman–Crippen MR) is 129 cm³/mol. The van der Waals surface area contributed by atoms with Gasteiger partial charge in [-0.25, -0.2) is 9.37 Å². The van der Waals surface area contributed by atoms with Crippen molar-refractivity contribution >= 4 is 34.2 Å². The number of aliphatic hydroxyl groups is 1. The van der Waals surface area contributed by atoms with Crippen molar-refractivity contribution in [2.45, 2.75) is 25.0 Å². The van der Waals surface area contributed by atoms with E-state index in [1.807, 2.05) is 41.0 Å². The number of amides is 1. The standard InChI is InChI=1S/C26H23ClFN3O3/c27-21-8-1-4-11-24(21)34-16-20(32)15-31-23-10-3-2-9-22(23)29-26(31)17-12-25(33)30(14-17)19-7-5-6-18(28)13-19/h1-11,13,17,20,32H,12,14-16H2/t17-,20+/m1/s1. The quantitative estimate of drug-likeness (QED) is 0.414. The average Bonchev–Trinajstić information content (AvgIpc) is 3.39. The van der Waals surface area contributed by atoms with Gasteiger partial charge in [0.1, 0.15) is 30.1 Å². The number of para-hydroxylation sites is 3. The normalized spacial score (nSPS) is 16.9. The van der Waals surface area contributed by atoms with Crippen LogP contribution in [0.25, 0.3) is 11.0 Å². The molecule has 1 aliphatic heterocycles. The van der Waals surface area contributed by atoms with Crippen LogP contribution in [0, 0.1) is 5.82 Å². The summed E-state index contributed by atoms with van der Waals surface area (Å²) in [6, 6.07) is 20.8. The number of hydrogen-bond acceptors (Lipinski definition) is 4. The van der Waals surface area contributed by atoms with Crippen molar-refractivity contribution in [2.24, 2.45) is 0 Å². The number of carbonyl (C=O) groups excluding carboxylic acids is 1. The van der Waals surface area contributed by atoms with Crippen LogP contribution in [0.4, 0.5) is 10.1 Å². The molecule has 1 N–H and O–H groups in total. The summed E-state index contributed by atoms with van der Waals surface area (Å²) in [5.74, 6) is 0.551. The first-order chi connectivity index (χ1) is 16.5. The SMILES string of the molecule is O=C1C[C@@H](c2nc3ccccc3n2C[C@H](O)COc2ccccc2Cl)CN1c1cccc(F)c1. The van der Waals surface area contributed by atoms with E-state index in [4.69, 9.17) is 21.3 Å². The van der Waals surface area contributed by atoms with Gasteiger partial charge >= 0.3 is 0 Å². The number of anilines is 1. The van der Waals surface area contributed by atoms with E-state index in [-0.39, 0.29) is 37.2 Å². The first-order valence-electron chi connectivity index (χ1n) is 11.1. The number of nitrogens with zero attached hydrogens (tertiary/aromatic N) is 3. The molecular formula is C26H23ClFN3O3. The van der Waals surface area contributed by atoms with Gasteiger partial charge in [-0.15, -0.1) is 0 Å². The largest absolute Gasteiger partial charge is 0.489 e. The molecule has 1 aliphatic rings. The molecule has 0 saturated carbocycles. The number of carbonyl (C=O) groups is 1. The van der Waals surface area contributed by atoms with Gasteiger partial charge in [-0.05, 0) is 42.5 Å². The summed E-state index contributed by atoms with van der Waals surface area (Å²) >= 11 is 6.15. The zero-order valence-corrected chi connectivity index (χ0v) is 19.0. The van der Waals surface area contributed by atoms with Crippen LogP contribution >= 0.6 is 11.6 Å². The van der Waals surface area contributed by atoms with Gasteiger partial charge in [0.25, 0.3) is 0 Å². The first kappa shape index (κ1) is 22.4. The lowest BCUT2D eigenvalue weighted by molar-refractivity contribution is -0.117. The van der Waals surface area contributed by atoms with E-state index in [1.165, 1.54) is 12.1 Å². The summed E-state index contributed by atoms with van der Waals surface area (Å²) in [6.45, 7) is 0.678. The molecule has 34 heavy (non-hydrogen) atoms. The summed E-state index contributed by atoms with van der Waals surface area (Å²) < 4.78 is 21.4. The minimum absolute atomic E-state index is 0.0503. The lowest BCUT2D eigenvalue weighted by atomic mass is 10.1. The number of aliphatic hydroxyl groups excluding tert-OH is 1. The maximum atomic E-state index is 13.7. The highest BCUT2D eigenvalue weighted by Crippen LogP contribution is 2.33. The Morgan fingerprint density at radius 1 is 1.12 bits per heavy atom. The number of imidazole rings is 1. The van der Waals surface area contributed by atoms with Crippen LogP contribution in [0.2, 0.25) is 5.02 Å². The summed E-state index contributed by atoms with van der Waals surface area (Å²) in [5.41, 5.74) is 2.18. The third kappa shape index (κ3) is 4.49. The van der Waals surface area contributed by atoms with Gasteiger partial charge in [-0.2, -0.15) is 0 Å². The van der Waals surface area contributed by atoms with Gasteiger partial charge in [0.05, 0.1) is 22.6 Å². The molecular weight excluding hydrogens is 457 g/mol. The number of halogens is 2. The Morgan fingerprint density at radius 2 is 1.91 bits per heavy atom. The molecule has 2 atom stereocenters. The van der Waals surface area contributed by atoms with E-state index in [2.05, 4.69) is 0 Å². The highest BCUT2D eigenvalue weighted by molar-refractivity contribution is 6.32. The van der Waals surface area contributed by atoms with Crippen LogP contribution in [-0.4, -0.2) is 39.8 Å². The molecule has 8 heteroatoms. The number of aromatic nitrogens is 2. The van der Waals surface area contributed by atoms with Crippen molar-refractivity contribution in [3.63, 3.8) is 0 Å². The van der Waals surface area contributed by atoms with Gasteiger partial charge < -0.3 is 19.3 Å². The minimum atomic E-state index is -0.830. The molecule has 1 saturated heterocycles. The van der Waals surface area contributed by atoms with Gasteiger partial charge in [-0.1, -0.05) is 41.9 Å². The summed E-state index contributed by atoms with van der Waals surface area (Å²) in [7, 11) is 0. The molecule has 174 valence electrons. The fraction of sp³-hybridized carbons (Fsp3) is 0.231. The summed E-state index contributed by atoms with van der Waals surface area (Å²) in [6.07, 6.45) is -0.574. The Morgan fingerprint density at radius 3 is 2.74 bits per heavy atom. The molecule has 6 nitrogen and oxygen atoms in total. The lowest BCUT2D eigenvalue weighted by Gasteiger charge is -2.19. The Labute approximate surface area is 201 Å². The van der Waals surface area contributed by atoms with Gasteiger partial charge in [0, 0.05) is 24.6 Å². The van der Waals surface area contributed by atoms with Crippen LogP contribution < -0.4 is 9.64 Å². The monoisotopic (exact) mass is 479 g/mol. The predicted octanol–water partition coefficient (Wildman–Crippen LogP) is 4.79. The number of ether oxygens (including phenoxy) is 1. The van der Waals surface area contributed by atoms with E-state index in [0.717, 1.165) is 11.0 Å². The molecule has 0 bridgehead atoms. The fourth-order valence-electron chi connectivity index (χ4n) is 4.38. The number of hydrogen-bond donors (Lipinski definition) is 1. The summed E-state index contributed by atoms with van der Waals surface area (Å²) in [5, 5.41) is 11.3. The van der Waals surface area contributed by atoms with Crippen LogP contribution in [0.3, 0.4) is 0 Å². The fourth-order valence-corrected chi connectivity index (χ4v) is 4.57. The average molecular weight is 480 g/mol. The minimum Gasteiger partial charge on any atom is -0.489 e. The molecule has 0 spiro atoms.